The van der Waals surface area contributed by atoms with Gasteiger partial charge in [0.05, 0.1) is 11.5 Å². The Labute approximate surface area is 123 Å². The first-order chi connectivity index (χ1) is 9.82. The molecule has 1 atom stereocenters. The van der Waals surface area contributed by atoms with Crippen LogP contribution in [-0.4, -0.2) is 43.3 Å². The molecule has 0 bridgehead atoms. The number of hydrazine groups is 1. The quantitative estimate of drug-likeness (QED) is 0.467. The van der Waals surface area contributed by atoms with Gasteiger partial charge in [-0.2, -0.15) is 0 Å². The molecule has 0 aliphatic carbocycles. The molecule has 1 amide bonds. The number of benzene rings is 1. The van der Waals surface area contributed by atoms with E-state index in [0.717, 1.165) is 0 Å². The maximum Gasteiger partial charge on any atom is 0.265 e. The van der Waals surface area contributed by atoms with Crippen LogP contribution in [0.15, 0.2) is 18.2 Å². The molecule has 1 saturated heterocycles. The number of sulfone groups is 1. The van der Waals surface area contributed by atoms with Gasteiger partial charge in [-0.3, -0.25) is 15.1 Å². The van der Waals surface area contributed by atoms with Gasteiger partial charge in [-0.25, -0.2) is 18.7 Å². The molecule has 1 aliphatic rings. The van der Waals surface area contributed by atoms with E-state index in [0.29, 0.717) is 12.1 Å². The summed E-state index contributed by atoms with van der Waals surface area (Å²) in [5, 5.41) is 0. The van der Waals surface area contributed by atoms with E-state index in [4.69, 9.17) is 5.84 Å². The number of carbonyl (C=O) groups excluding carboxylic acids is 1. The van der Waals surface area contributed by atoms with Crippen molar-refractivity contribution in [2.45, 2.75) is 19.5 Å². The monoisotopic (exact) mass is 315 g/mol. The lowest BCUT2D eigenvalue weighted by atomic mass is 10.1. The van der Waals surface area contributed by atoms with Crippen molar-refractivity contribution in [2.75, 3.05) is 18.1 Å². The van der Waals surface area contributed by atoms with Gasteiger partial charge in [0.15, 0.2) is 9.84 Å². The molecule has 1 aromatic rings. The first-order valence-corrected chi connectivity index (χ1v) is 8.38. The van der Waals surface area contributed by atoms with Crippen molar-refractivity contribution in [1.29, 1.82) is 0 Å². The Balaban J connectivity index is 2.18. The van der Waals surface area contributed by atoms with Gasteiger partial charge in [0.1, 0.15) is 5.82 Å². The Bertz CT molecular complexity index is 648. The summed E-state index contributed by atoms with van der Waals surface area (Å²) in [6.07, 6.45) is 0. The van der Waals surface area contributed by atoms with Crippen LogP contribution in [0.4, 0.5) is 4.39 Å². The van der Waals surface area contributed by atoms with Gasteiger partial charge in [-0.05, 0) is 25.1 Å². The van der Waals surface area contributed by atoms with Gasteiger partial charge < -0.3 is 0 Å². The van der Waals surface area contributed by atoms with Crippen LogP contribution in [0.25, 0.3) is 0 Å². The van der Waals surface area contributed by atoms with Crippen LogP contribution < -0.4 is 11.3 Å². The Hall–Kier alpha value is -1.51. The molecular weight excluding hydrogens is 297 g/mol. The van der Waals surface area contributed by atoms with E-state index in [-0.39, 0.29) is 29.7 Å². The normalized spacial score (nSPS) is 22.0. The number of carbonyl (C=O) groups is 1. The number of nitrogens with two attached hydrogens (primary N) is 1. The average Bonchev–Trinajstić information content (AvgIpc) is 2.42. The van der Waals surface area contributed by atoms with E-state index in [9.17, 15) is 17.6 Å². The summed E-state index contributed by atoms with van der Waals surface area (Å²) < 4.78 is 36.9. The summed E-state index contributed by atoms with van der Waals surface area (Å²) >= 11 is 0. The molecule has 1 unspecified atom stereocenters. The Morgan fingerprint density at radius 3 is 2.86 bits per heavy atom. The largest absolute Gasteiger partial charge is 0.294 e. The van der Waals surface area contributed by atoms with E-state index >= 15 is 0 Å². The molecular formula is C13H18FN3O3S. The first-order valence-electron chi connectivity index (χ1n) is 6.56. The molecule has 1 aliphatic heterocycles. The molecule has 0 saturated carbocycles. The van der Waals surface area contributed by atoms with Gasteiger partial charge in [-0.15, -0.1) is 0 Å². The molecule has 3 N–H and O–H groups in total. The maximum absolute atomic E-state index is 13.9. The lowest BCUT2D eigenvalue weighted by Crippen LogP contribution is -2.46. The highest BCUT2D eigenvalue weighted by molar-refractivity contribution is 7.91. The maximum atomic E-state index is 13.9. The highest BCUT2D eigenvalue weighted by Crippen LogP contribution is 2.18. The lowest BCUT2D eigenvalue weighted by Gasteiger charge is -2.33. The van der Waals surface area contributed by atoms with Gasteiger partial charge in [-0.1, -0.05) is 0 Å². The Morgan fingerprint density at radius 2 is 2.24 bits per heavy atom. The number of amides is 1. The zero-order chi connectivity index (χ0) is 15.6. The smallest absolute Gasteiger partial charge is 0.265 e. The van der Waals surface area contributed by atoms with Crippen molar-refractivity contribution < 1.29 is 17.6 Å². The molecule has 2 rings (SSSR count). The minimum atomic E-state index is -3.01. The number of hydrogen-bond acceptors (Lipinski definition) is 5. The fourth-order valence-corrected chi connectivity index (χ4v) is 4.03. The molecule has 0 aromatic heterocycles. The minimum Gasteiger partial charge on any atom is -0.294 e. The van der Waals surface area contributed by atoms with Gasteiger partial charge >= 0.3 is 0 Å². The predicted octanol–water partition coefficient (Wildman–Crippen LogP) is 0.0481. The summed E-state index contributed by atoms with van der Waals surface area (Å²) in [6.45, 7) is 2.41. The fourth-order valence-electron chi connectivity index (χ4n) is 2.41. The third-order valence-corrected chi connectivity index (χ3v) is 5.42. The van der Waals surface area contributed by atoms with Crippen molar-refractivity contribution in [1.82, 2.24) is 10.3 Å². The van der Waals surface area contributed by atoms with Gasteiger partial charge in [0, 0.05) is 30.3 Å². The van der Waals surface area contributed by atoms with Crippen LogP contribution >= 0.6 is 0 Å². The van der Waals surface area contributed by atoms with E-state index in [1.54, 1.807) is 6.92 Å². The number of rotatable bonds is 3. The summed E-state index contributed by atoms with van der Waals surface area (Å²) in [5.41, 5.74) is 2.62. The van der Waals surface area contributed by atoms with Crippen LogP contribution in [-0.2, 0) is 16.4 Å². The minimum absolute atomic E-state index is 0.0671. The molecule has 6 nitrogen and oxygen atoms in total. The van der Waals surface area contributed by atoms with Gasteiger partial charge in [0.2, 0.25) is 0 Å². The molecule has 0 radical (unpaired) electrons. The van der Waals surface area contributed by atoms with Crippen molar-refractivity contribution in [3.63, 3.8) is 0 Å². The zero-order valence-electron chi connectivity index (χ0n) is 11.7. The van der Waals surface area contributed by atoms with E-state index in [2.05, 4.69) is 0 Å². The zero-order valence-corrected chi connectivity index (χ0v) is 12.5. The fraction of sp³-hybridized carbons (Fsp3) is 0.462. The molecule has 1 aromatic carbocycles. The number of hydrogen-bond donors (Lipinski definition) is 2. The molecule has 116 valence electrons. The van der Waals surface area contributed by atoms with Gasteiger partial charge in [0.25, 0.3) is 5.91 Å². The summed E-state index contributed by atoms with van der Waals surface area (Å²) in [6, 6.07) is 3.82. The lowest BCUT2D eigenvalue weighted by molar-refractivity contribution is 0.0953. The van der Waals surface area contributed by atoms with E-state index in [1.165, 1.54) is 18.2 Å². The molecule has 8 heteroatoms. The second-order valence-electron chi connectivity index (χ2n) is 5.21. The molecule has 1 heterocycles. The SMILES string of the molecule is CC1CS(=O)(=O)CCN1Cc1cc(C(=O)NN)ccc1F. The number of nitrogens with zero attached hydrogens (tertiary/aromatic N) is 1. The van der Waals surface area contributed by atoms with Crippen molar-refractivity contribution in [3.8, 4) is 0 Å². The second-order valence-corrected chi connectivity index (χ2v) is 7.44. The van der Waals surface area contributed by atoms with Crippen molar-refractivity contribution in [3.05, 3.63) is 35.1 Å². The number of nitrogen functional groups attached to an aromatic ring is 1. The van der Waals surface area contributed by atoms with E-state index in [1.807, 2.05) is 10.3 Å². The van der Waals surface area contributed by atoms with Crippen LogP contribution in [0.1, 0.15) is 22.8 Å². The third kappa shape index (κ3) is 3.78. The Kier molecular flexibility index (Phi) is 4.60. The second kappa shape index (κ2) is 6.08. The molecule has 0 spiro atoms. The first kappa shape index (κ1) is 15.9. The summed E-state index contributed by atoms with van der Waals surface area (Å²) in [7, 11) is -3.01. The number of nitrogens with one attached hydrogen (secondary N) is 1. The van der Waals surface area contributed by atoms with Crippen molar-refractivity contribution >= 4 is 15.7 Å². The third-order valence-electron chi connectivity index (χ3n) is 3.62. The standard InChI is InChI=1S/C13H18FN3O3S/c1-9-8-21(19,20)5-4-17(9)7-11-6-10(13(18)16-15)2-3-12(11)14/h2-3,6,9H,4-5,7-8,15H2,1H3,(H,16,18). The average molecular weight is 315 g/mol. The molecule has 1 fully saturated rings. The van der Waals surface area contributed by atoms with Crippen LogP contribution in [0.3, 0.4) is 0 Å². The highest BCUT2D eigenvalue weighted by Gasteiger charge is 2.28. The van der Waals surface area contributed by atoms with Crippen molar-refractivity contribution in [2.24, 2.45) is 5.84 Å². The Morgan fingerprint density at radius 1 is 1.52 bits per heavy atom. The van der Waals surface area contributed by atoms with E-state index < -0.39 is 21.6 Å². The van der Waals surface area contributed by atoms with Crippen LogP contribution in [0, 0.1) is 5.82 Å². The number of halogens is 1. The summed E-state index contributed by atoms with van der Waals surface area (Å²) in [4.78, 5) is 13.4. The van der Waals surface area contributed by atoms with Crippen LogP contribution in [0.2, 0.25) is 0 Å². The van der Waals surface area contributed by atoms with Crippen LogP contribution in [0.5, 0.6) is 0 Å². The topological polar surface area (TPSA) is 92.5 Å². The summed E-state index contributed by atoms with van der Waals surface area (Å²) in [5.74, 6) is 4.27. The molecule has 21 heavy (non-hydrogen) atoms. The highest BCUT2D eigenvalue weighted by atomic mass is 32.2. The predicted molar refractivity (Wildman–Crippen MR) is 76.6 cm³/mol.